The van der Waals surface area contributed by atoms with Gasteiger partial charge in [-0.2, -0.15) is 0 Å². The predicted molar refractivity (Wildman–Crippen MR) is 111 cm³/mol. The SMILES string of the molecule is Cc1ccc(C2(C(=O)Nc3ccc4c(ccn4CC(=O)O)c3)CCOCC2)cc1. The van der Waals surface area contributed by atoms with Crippen molar-refractivity contribution in [1.82, 2.24) is 4.57 Å². The fraction of sp³-hybridized carbons (Fsp3) is 0.304. The van der Waals surface area contributed by atoms with Gasteiger partial charge in [0, 0.05) is 36.0 Å². The van der Waals surface area contributed by atoms with E-state index in [-0.39, 0.29) is 12.5 Å². The van der Waals surface area contributed by atoms with Crippen molar-refractivity contribution >= 4 is 28.5 Å². The van der Waals surface area contributed by atoms with Crippen molar-refractivity contribution in [3.8, 4) is 0 Å². The number of hydrogen-bond donors (Lipinski definition) is 2. The Labute approximate surface area is 169 Å². The van der Waals surface area contributed by atoms with Crippen LogP contribution < -0.4 is 5.32 Å². The summed E-state index contributed by atoms with van der Waals surface area (Å²) in [6, 6.07) is 15.6. The average Bonchev–Trinajstić information content (AvgIpc) is 3.10. The molecule has 0 unspecified atom stereocenters. The normalized spacial score (nSPS) is 15.9. The molecule has 1 aliphatic heterocycles. The highest BCUT2D eigenvalue weighted by Gasteiger charge is 2.41. The van der Waals surface area contributed by atoms with E-state index in [1.807, 2.05) is 55.5 Å². The van der Waals surface area contributed by atoms with Crippen molar-refractivity contribution in [3.05, 3.63) is 65.9 Å². The van der Waals surface area contributed by atoms with E-state index in [1.54, 1.807) is 10.8 Å². The summed E-state index contributed by atoms with van der Waals surface area (Å²) in [6.07, 6.45) is 3.02. The molecule has 1 aliphatic rings. The van der Waals surface area contributed by atoms with E-state index >= 15 is 0 Å². The lowest BCUT2D eigenvalue weighted by molar-refractivity contribution is -0.137. The zero-order chi connectivity index (χ0) is 20.4. The van der Waals surface area contributed by atoms with Crippen LogP contribution >= 0.6 is 0 Å². The van der Waals surface area contributed by atoms with Gasteiger partial charge in [-0.15, -0.1) is 0 Å². The van der Waals surface area contributed by atoms with E-state index < -0.39 is 11.4 Å². The number of carbonyl (C=O) groups is 2. The summed E-state index contributed by atoms with van der Waals surface area (Å²) in [5.74, 6) is -0.923. The zero-order valence-corrected chi connectivity index (χ0v) is 16.4. The second-order valence-corrected chi connectivity index (χ2v) is 7.63. The number of anilines is 1. The molecule has 0 spiro atoms. The summed E-state index contributed by atoms with van der Waals surface area (Å²) in [5, 5.41) is 13.0. The Hall–Kier alpha value is -3.12. The largest absolute Gasteiger partial charge is 0.480 e. The van der Waals surface area contributed by atoms with Crippen LogP contribution in [0.25, 0.3) is 10.9 Å². The van der Waals surface area contributed by atoms with Crippen molar-refractivity contribution in [2.24, 2.45) is 0 Å². The van der Waals surface area contributed by atoms with E-state index in [4.69, 9.17) is 9.84 Å². The van der Waals surface area contributed by atoms with Crippen molar-refractivity contribution in [2.45, 2.75) is 31.7 Å². The minimum absolute atomic E-state index is 0.0334. The van der Waals surface area contributed by atoms with Crippen molar-refractivity contribution < 1.29 is 19.4 Å². The van der Waals surface area contributed by atoms with E-state index in [0.29, 0.717) is 31.7 Å². The van der Waals surface area contributed by atoms with Crippen LogP contribution in [0.15, 0.2) is 54.7 Å². The summed E-state index contributed by atoms with van der Waals surface area (Å²) in [7, 11) is 0. The minimum Gasteiger partial charge on any atom is -0.480 e. The first-order chi connectivity index (χ1) is 14.0. The Bertz CT molecular complexity index is 1050. The van der Waals surface area contributed by atoms with Gasteiger partial charge in [-0.1, -0.05) is 29.8 Å². The number of benzene rings is 2. The van der Waals surface area contributed by atoms with Crippen LogP contribution in [0.1, 0.15) is 24.0 Å². The molecule has 29 heavy (non-hydrogen) atoms. The minimum atomic E-state index is -0.889. The van der Waals surface area contributed by atoms with Crippen LogP contribution in [0.4, 0.5) is 5.69 Å². The van der Waals surface area contributed by atoms with Crippen LogP contribution in [-0.4, -0.2) is 34.8 Å². The summed E-state index contributed by atoms with van der Waals surface area (Å²) >= 11 is 0. The molecule has 2 heterocycles. The average molecular weight is 392 g/mol. The maximum absolute atomic E-state index is 13.4. The number of aryl methyl sites for hydroxylation is 1. The highest BCUT2D eigenvalue weighted by Crippen LogP contribution is 2.36. The molecule has 1 amide bonds. The molecular formula is C23H24N2O4. The Morgan fingerprint density at radius 3 is 2.52 bits per heavy atom. The van der Waals surface area contributed by atoms with E-state index in [1.165, 1.54) is 0 Å². The fourth-order valence-corrected chi connectivity index (χ4v) is 4.05. The van der Waals surface area contributed by atoms with E-state index in [9.17, 15) is 9.59 Å². The summed E-state index contributed by atoms with van der Waals surface area (Å²) < 4.78 is 7.21. The van der Waals surface area contributed by atoms with Gasteiger partial charge in [0.25, 0.3) is 0 Å². The number of amides is 1. The Morgan fingerprint density at radius 1 is 1.10 bits per heavy atom. The first kappa shape index (κ1) is 19.2. The van der Waals surface area contributed by atoms with Crippen molar-refractivity contribution in [1.29, 1.82) is 0 Å². The number of aliphatic carboxylic acids is 1. The number of ether oxygens (including phenoxy) is 1. The predicted octanol–water partition coefficient (Wildman–Crippen LogP) is 3.72. The van der Waals surface area contributed by atoms with Gasteiger partial charge < -0.3 is 19.7 Å². The molecule has 1 fully saturated rings. The van der Waals surface area contributed by atoms with Gasteiger partial charge in [0.05, 0.1) is 5.41 Å². The fourth-order valence-electron chi connectivity index (χ4n) is 4.05. The van der Waals surface area contributed by atoms with E-state index in [2.05, 4.69) is 5.32 Å². The topological polar surface area (TPSA) is 80.6 Å². The van der Waals surface area contributed by atoms with Crippen LogP contribution in [0.3, 0.4) is 0 Å². The molecule has 4 rings (SSSR count). The van der Waals surface area contributed by atoms with E-state index in [0.717, 1.165) is 22.0 Å². The first-order valence-electron chi connectivity index (χ1n) is 9.75. The first-order valence-corrected chi connectivity index (χ1v) is 9.75. The lowest BCUT2D eigenvalue weighted by atomic mass is 9.73. The molecule has 150 valence electrons. The molecule has 6 nitrogen and oxygen atoms in total. The molecule has 0 saturated carbocycles. The number of nitrogens with one attached hydrogen (secondary N) is 1. The molecule has 2 aromatic carbocycles. The van der Waals surface area contributed by atoms with Crippen molar-refractivity contribution in [3.63, 3.8) is 0 Å². The molecule has 1 aromatic heterocycles. The van der Waals surface area contributed by atoms with Crippen LogP contribution in [-0.2, 0) is 26.3 Å². The Kier molecular flexibility index (Phi) is 5.11. The van der Waals surface area contributed by atoms with Gasteiger partial charge >= 0.3 is 5.97 Å². The number of hydrogen-bond acceptors (Lipinski definition) is 3. The van der Waals surface area contributed by atoms with Gasteiger partial charge in [-0.3, -0.25) is 9.59 Å². The summed E-state index contributed by atoms with van der Waals surface area (Å²) in [6.45, 7) is 3.05. The van der Waals surface area contributed by atoms with Crippen molar-refractivity contribution in [2.75, 3.05) is 18.5 Å². The number of rotatable bonds is 5. The van der Waals surface area contributed by atoms with Gasteiger partial charge in [0.2, 0.25) is 5.91 Å². The highest BCUT2D eigenvalue weighted by molar-refractivity contribution is 6.00. The maximum Gasteiger partial charge on any atom is 0.323 e. The Morgan fingerprint density at radius 2 is 1.83 bits per heavy atom. The molecule has 0 bridgehead atoms. The standard InChI is InChI=1S/C23H24N2O4/c1-16-2-4-18(5-3-16)23(9-12-29-13-10-23)22(28)24-19-6-7-20-17(14-19)8-11-25(20)15-21(26)27/h2-8,11,14H,9-10,12-13,15H2,1H3,(H,24,28)(H,26,27). The number of fused-ring (bicyclic) bond motifs is 1. The lowest BCUT2D eigenvalue weighted by Gasteiger charge is -2.36. The summed E-state index contributed by atoms with van der Waals surface area (Å²) in [4.78, 5) is 24.4. The molecule has 0 aliphatic carbocycles. The zero-order valence-electron chi connectivity index (χ0n) is 16.4. The second kappa shape index (κ2) is 7.72. The Balaban J connectivity index is 1.62. The number of aromatic nitrogens is 1. The molecule has 3 aromatic rings. The number of carbonyl (C=O) groups excluding carboxylic acids is 1. The van der Waals surface area contributed by atoms with Gasteiger partial charge in [0.15, 0.2) is 0 Å². The van der Waals surface area contributed by atoms with Crippen LogP contribution in [0, 0.1) is 6.92 Å². The maximum atomic E-state index is 13.4. The van der Waals surface area contributed by atoms with Gasteiger partial charge in [-0.25, -0.2) is 0 Å². The molecule has 0 radical (unpaired) electrons. The number of nitrogens with zero attached hydrogens (tertiary/aromatic N) is 1. The molecular weight excluding hydrogens is 368 g/mol. The monoisotopic (exact) mass is 392 g/mol. The molecule has 6 heteroatoms. The second-order valence-electron chi connectivity index (χ2n) is 7.63. The van der Waals surface area contributed by atoms with Gasteiger partial charge in [0.1, 0.15) is 6.54 Å². The number of carboxylic acids is 1. The molecule has 0 atom stereocenters. The smallest absolute Gasteiger partial charge is 0.323 e. The highest BCUT2D eigenvalue weighted by atomic mass is 16.5. The third-order valence-corrected chi connectivity index (χ3v) is 5.72. The molecule has 1 saturated heterocycles. The quantitative estimate of drug-likeness (QED) is 0.693. The van der Waals surface area contributed by atoms with Crippen LogP contribution in [0.2, 0.25) is 0 Å². The van der Waals surface area contributed by atoms with Crippen LogP contribution in [0.5, 0.6) is 0 Å². The van der Waals surface area contributed by atoms with Gasteiger partial charge in [-0.05, 0) is 49.6 Å². The number of carboxylic acid groups (broad SMARTS) is 1. The summed E-state index contributed by atoms with van der Waals surface area (Å²) in [5.41, 5.74) is 3.08. The molecule has 2 N–H and O–H groups in total. The third kappa shape index (κ3) is 3.76. The third-order valence-electron chi connectivity index (χ3n) is 5.72. The lowest BCUT2D eigenvalue weighted by Crippen LogP contribution is -2.44.